The van der Waals surface area contributed by atoms with Crippen LogP contribution in [0.15, 0.2) is 24.5 Å². The average Bonchev–Trinajstić information content (AvgIpc) is 2.80. The lowest BCUT2D eigenvalue weighted by Crippen LogP contribution is -2.28. The van der Waals surface area contributed by atoms with Crippen molar-refractivity contribution in [3.63, 3.8) is 0 Å². The number of carbonyl (C=O) groups excluding carboxylic acids is 1. The number of nitrogens with one attached hydrogen (secondary N) is 1. The predicted molar refractivity (Wildman–Crippen MR) is 77.9 cm³/mol. The summed E-state index contributed by atoms with van der Waals surface area (Å²) in [5.74, 6) is 0.719. The third-order valence-electron chi connectivity index (χ3n) is 2.84. The van der Waals surface area contributed by atoms with Crippen molar-refractivity contribution in [2.75, 3.05) is 6.54 Å². The molecule has 1 heterocycles. The van der Waals surface area contributed by atoms with Gasteiger partial charge in [0.15, 0.2) is 0 Å². The van der Waals surface area contributed by atoms with E-state index in [9.17, 15) is 4.79 Å². The van der Waals surface area contributed by atoms with E-state index in [1.54, 1.807) is 24.5 Å². The molecule has 20 heavy (non-hydrogen) atoms. The molecule has 1 aromatic carbocycles. The standard InChI is InChI=1S/C13H14Cl2N4O/c1-9-18-17-8-19(9)5-4-16-13(20)7-10-6-11(14)2-3-12(10)15/h2-3,6,8H,4-5,7H2,1H3,(H,16,20). The highest BCUT2D eigenvalue weighted by Crippen LogP contribution is 2.20. The molecule has 0 saturated heterocycles. The fourth-order valence-electron chi connectivity index (χ4n) is 1.76. The van der Waals surface area contributed by atoms with Crippen LogP contribution < -0.4 is 5.32 Å². The summed E-state index contributed by atoms with van der Waals surface area (Å²) in [6.45, 7) is 3.00. The van der Waals surface area contributed by atoms with Crippen LogP contribution in [0.4, 0.5) is 0 Å². The number of rotatable bonds is 5. The number of benzene rings is 1. The van der Waals surface area contributed by atoms with E-state index in [4.69, 9.17) is 23.2 Å². The number of aromatic nitrogens is 3. The minimum atomic E-state index is -0.0973. The first-order chi connectivity index (χ1) is 9.56. The topological polar surface area (TPSA) is 59.8 Å². The Morgan fingerprint density at radius 2 is 2.20 bits per heavy atom. The maximum atomic E-state index is 11.8. The first-order valence-corrected chi connectivity index (χ1v) is 6.87. The molecule has 0 fully saturated rings. The van der Waals surface area contributed by atoms with Gasteiger partial charge in [-0.1, -0.05) is 23.2 Å². The van der Waals surface area contributed by atoms with Gasteiger partial charge in [-0.15, -0.1) is 10.2 Å². The second kappa shape index (κ2) is 6.72. The quantitative estimate of drug-likeness (QED) is 0.921. The largest absolute Gasteiger partial charge is 0.354 e. The Balaban J connectivity index is 1.84. The molecule has 2 rings (SSSR count). The summed E-state index contributed by atoms with van der Waals surface area (Å²) in [5.41, 5.74) is 0.720. The van der Waals surface area contributed by atoms with Crippen molar-refractivity contribution in [1.82, 2.24) is 20.1 Å². The first kappa shape index (κ1) is 14.8. The van der Waals surface area contributed by atoms with Crippen molar-refractivity contribution < 1.29 is 4.79 Å². The van der Waals surface area contributed by atoms with E-state index in [0.717, 1.165) is 11.4 Å². The molecule has 0 aliphatic heterocycles. The lowest BCUT2D eigenvalue weighted by Gasteiger charge is -2.08. The lowest BCUT2D eigenvalue weighted by molar-refractivity contribution is -0.120. The van der Waals surface area contributed by atoms with E-state index < -0.39 is 0 Å². The van der Waals surface area contributed by atoms with Crippen molar-refractivity contribution in [2.24, 2.45) is 0 Å². The number of hydrogen-bond acceptors (Lipinski definition) is 3. The number of carbonyl (C=O) groups is 1. The highest BCUT2D eigenvalue weighted by Gasteiger charge is 2.07. The molecule has 1 aromatic heterocycles. The molecule has 0 atom stereocenters. The van der Waals surface area contributed by atoms with Crippen LogP contribution in [-0.4, -0.2) is 27.2 Å². The van der Waals surface area contributed by atoms with Crippen LogP contribution in [0.3, 0.4) is 0 Å². The minimum absolute atomic E-state index is 0.0973. The second-order valence-electron chi connectivity index (χ2n) is 4.33. The normalized spacial score (nSPS) is 10.6. The van der Waals surface area contributed by atoms with E-state index in [0.29, 0.717) is 23.1 Å². The van der Waals surface area contributed by atoms with Gasteiger partial charge >= 0.3 is 0 Å². The van der Waals surface area contributed by atoms with Gasteiger partial charge in [0.2, 0.25) is 5.91 Å². The number of hydrogen-bond donors (Lipinski definition) is 1. The summed E-state index contributed by atoms with van der Waals surface area (Å²) in [7, 11) is 0. The molecule has 106 valence electrons. The fraction of sp³-hybridized carbons (Fsp3) is 0.308. The molecule has 0 bridgehead atoms. The molecule has 7 heteroatoms. The zero-order valence-electron chi connectivity index (χ0n) is 10.9. The number of amides is 1. The van der Waals surface area contributed by atoms with Gasteiger partial charge in [0, 0.05) is 23.1 Å². The summed E-state index contributed by atoms with van der Waals surface area (Å²) in [5, 5.41) is 11.6. The van der Waals surface area contributed by atoms with Crippen LogP contribution in [0.2, 0.25) is 10.0 Å². The van der Waals surface area contributed by atoms with Gasteiger partial charge in [-0.2, -0.15) is 0 Å². The molecule has 0 aliphatic carbocycles. The molecular weight excluding hydrogens is 299 g/mol. The van der Waals surface area contributed by atoms with Crippen LogP contribution in [0.25, 0.3) is 0 Å². The van der Waals surface area contributed by atoms with E-state index in [-0.39, 0.29) is 12.3 Å². The molecule has 0 aliphatic rings. The molecule has 0 radical (unpaired) electrons. The summed E-state index contributed by atoms with van der Waals surface area (Å²) in [4.78, 5) is 11.8. The van der Waals surface area contributed by atoms with Crippen LogP contribution in [0.5, 0.6) is 0 Å². The molecular formula is C13H14Cl2N4O. The minimum Gasteiger partial charge on any atom is -0.354 e. The molecule has 1 amide bonds. The Kier molecular flexibility index (Phi) is 4.98. The van der Waals surface area contributed by atoms with Gasteiger partial charge in [-0.25, -0.2) is 0 Å². The smallest absolute Gasteiger partial charge is 0.224 e. The van der Waals surface area contributed by atoms with Gasteiger partial charge in [-0.3, -0.25) is 4.79 Å². The maximum absolute atomic E-state index is 11.8. The van der Waals surface area contributed by atoms with Crippen LogP contribution in [-0.2, 0) is 17.8 Å². The number of aryl methyl sites for hydroxylation is 1. The highest BCUT2D eigenvalue weighted by molar-refractivity contribution is 6.33. The monoisotopic (exact) mass is 312 g/mol. The molecule has 2 aromatic rings. The van der Waals surface area contributed by atoms with Crippen molar-refractivity contribution >= 4 is 29.1 Å². The van der Waals surface area contributed by atoms with Gasteiger partial charge in [0.25, 0.3) is 0 Å². The lowest BCUT2D eigenvalue weighted by atomic mass is 10.1. The van der Waals surface area contributed by atoms with Crippen molar-refractivity contribution in [3.8, 4) is 0 Å². The number of nitrogens with zero attached hydrogens (tertiary/aromatic N) is 3. The van der Waals surface area contributed by atoms with Crippen LogP contribution in [0, 0.1) is 6.92 Å². The van der Waals surface area contributed by atoms with Gasteiger partial charge in [0.05, 0.1) is 6.42 Å². The number of halogens is 2. The van der Waals surface area contributed by atoms with Gasteiger partial charge in [-0.05, 0) is 30.7 Å². The first-order valence-electron chi connectivity index (χ1n) is 6.11. The zero-order valence-corrected chi connectivity index (χ0v) is 12.4. The van der Waals surface area contributed by atoms with E-state index in [2.05, 4.69) is 15.5 Å². The Morgan fingerprint density at radius 1 is 1.40 bits per heavy atom. The summed E-state index contributed by atoms with van der Waals surface area (Å²) in [6.07, 6.45) is 1.84. The van der Waals surface area contributed by atoms with Crippen molar-refractivity contribution in [2.45, 2.75) is 19.9 Å². The fourth-order valence-corrected chi connectivity index (χ4v) is 2.14. The van der Waals surface area contributed by atoms with Crippen molar-refractivity contribution in [1.29, 1.82) is 0 Å². The Bertz CT molecular complexity index is 612. The SMILES string of the molecule is Cc1nncn1CCNC(=O)Cc1cc(Cl)ccc1Cl. The molecule has 5 nitrogen and oxygen atoms in total. The van der Waals surface area contributed by atoms with Crippen molar-refractivity contribution in [3.05, 3.63) is 46.0 Å². The Hall–Kier alpha value is -1.59. The summed E-state index contributed by atoms with van der Waals surface area (Å²) in [6, 6.07) is 5.08. The second-order valence-corrected chi connectivity index (χ2v) is 5.18. The van der Waals surface area contributed by atoms with Crippen LogP contribution >= 0.6 is 23.2 Å². The molecule has 0 saturated carbocycles. The summed E-state index contributed by atoms with van der Waals surface area (Å²) >= 11 is 11.9. The Labute approximate surface area is 126 Å². The highest BCUT2D eigenvalue weighted by atomic mass is 35.5. The Morgan fingerprint density at radius 3 is 2.90 bits per heavy atom. The summed E-state index contributed by atoms with van der Waals surface area (Å²) < 4.78 is 1.87. The molecule has 0 unspecified atom stereocenters. The predicted octanol–water partition coefficient (Wildman–Crippen LogP) is 2.25. The van der Waals surface area contributed by atoms with E-state index in [1.807, 2.05) is 11.5 Å². The van der Waals surface area contributed by atoms with Gasteiger partial charge < -0.3 is 9.88 Å². The third-order valence-corrected chi connectivity index (χ3v) is 3.45. The van der Waals surface area contributed by atoms with Crippen LogP contribution in [0.1, 0.15) is 11.4 Å². The average molecular weight is 313 g/mol. The zero-order chi connectivity index (χ0) is 14.5. The maximum Gasteiger partial charge on any atom is 0.224 e. The van der Waals surface area contributed by atoms with Gasteiger partial charge in [0.1, 0.15) is 12.2 Å². The van der Waals surface area contributed by atoms with E-state index >= 15 is 0 Å². The molecule has 1 N–H and O–H groups in total. The third kappa shape index (κ3) is 3.95. The van der Waals surface area contributed by atoms with E-state index in [1.165, 1.54) is 0 Å². The molecule has 0 spiro atoms.